The van der Waals surface area contributed by atoms with E-state index in [1.807, 2.05) is 30.3 Å². The minimum Gasteiger partial charge on any atom is -0.480 e. The molecular weight excluding hydrogens is 242 g/mol. The zero-order chi connectivity index (χ0) is 13.8. The highest BCUT2D eigenvalue weighted by Crippen LogP contribution is 2.19. The predicted molar refractivity (Wildman–Crippen MR) is 73.4 cm³/mol. The van der Waals surface area contributed by atoms with E-state index in [0.717, 1.165) is 16.7 Å². The van der Waals surface area contributed by atoms with Crippen molar-refractivity contribution in [3.63, 3.8) is 0 Å². The van der Waals surface area contributed by atoms with Crippen LogP contribution in [0.25, 0.3) is 11.1 Å². The number of aromatic nitrogens is 1. The largest absolute Gasteiger partial charge is 0.480 e. The molecule has 5 heteroatoms. The van der Waals surface area contributed by atoms with Crippen molar-refractivity contribution in [3.05, 3.63) is 48.2 Å². The quantitative estimate of drug-likeness (QED) is 0.765. The van der Waals surface area contributed by atoms with Crippen molar-refractivity contribution in [2.75, 3.05) is 5.73 Å². The third-order valence-corrected chi connectivity index (χ3v) is 2.85. The molecule has 0 aliphatic rings. The van der Waals surface area contributed by atoms with E-state index in [4.69, 9.17) is 16.6 Å². The van der Waals surface area contributed by atoms with Gasteiger partial charge < -0.3 is 16.6 Å². The minimum atomic E-state index is -0.994. The average Bonchev–Trinajstić information content (AvgIpc) is 2.40. The van der Waals surface area contributed by atoms with E-state index in [-0.39, 0.29) is 0 Å². The second-order valence-corrected chi connectivity index (χ2v) is 4.32. The van der Waals surface area contributed by atoms with Gasteiger partial charge in [0.1, 0.15) is 11.9 Å². The molecule has 0 radical (unpaired) electrons. The molecule has 0 fully saturated rings. The van der Waals surface area contributed by atoms with E-state index in [9.17, 15) is 4.79 Å². The Morgan fingerprint density at radius 1 is 1.16 bits per heavy atom. The van der Waals surface area contributed by atoms with Crippen LogP contribution in [0.1, 0.15) is 5.56 Å². The molecule has 1 aromatic carbocycles. The first kappa shape index (κ1) is 13.0. The number of rotatable bonds is 4. The molecule has 0 amide bonds. The number of hydrogen-bond acceptors (Lipinski definition) is 4. The number of nitrogens with zero attached hydrogens (tertiary/aromatic N) is 1. The Balaban J connectivity index is 2.14. The van der Waals surface area contributed by atoms with Gasteiger partial charge in [-0.1, -0.05) is 24.3 Å². The molecule has 0 saturated carbocycles. The molecule has 0 unspecified atom stereocenters. The van der Waals surface area contributed by atoms with Gasteiger partial charge in [0, 0.05) is 11.8 Å². The maximum Gasteiger partial charge on any atom is 0.320 e. The second-order valence-electron chi connectivity index (χ2n) is 4.32. The maximum atomic E-state index is 10.7. The summed E-state index contributed by atoms with van der Waals surface area (Å²) in [7, 11) is 0. The van der Waals surface area contributed by atoms with Gasteiger partial charge in [-0.2, -0.15) is 0 Å². The number of pyridine rings is 1. The molecule has 0 aliphatic carbocycles. The number of benzene rings is 1. The van der Waals surface area contributed by atoms with Gasteiger partial charge in [0.2, 0.25) is 0 Å². The molecule has 0 spiro atoms. The molecule has 0 saturated heterocycles. The number of hydrogen-bond donors (Lipinski definition) is 3. The summed E-state index contributed by atoms with van der Waals surface area (Å²) in [5.74, 6) is -0.514. The number of anilines is 1. The van der Waals surface area contributed by atoms with Gasteiger partial charge in [-0.25, -0.2) is 4.98 Å². The number of nitrogens with two attached hydrogens (primary N) is 2. The van der Waals surface area contributed by atoms with Gasteiger partial charge in [0.15, 0.2) is 0 Å². The summed E-state index contributed by atoms with van der Waals surface area (Å²) >= 11 is 0. The van der Waals surface area contributed by atoms with Crippen molar-refractivity contribution < 1.29 is 9.90 Å². The molecule has 1 aromatic heterocycles. The fraction of sp³-hybridized carbons (Fsp3) is 0.143. The normalized spacial score (nSPS) is 12.1. The summed E-state index contributed by atoms with van der Waals surface area (Å²) in [6.07, 6.45) is 2.02. The van der Waals surface area contributed by atoms with Crippen LogP contribution in [0.3, 0.4) is 0 Å². The minimum absolute atomic E-state index is 0.315. The van der Waals surface area contributed by atoms with E-state index < -0.39 is 12.0 Å². The van der Waals surface area contributed by atoms with Crippen LogP contribution in [-0.4, -0.2) is 22.1 Å². The van der Waals surface area contributed by atoms with Crippen LogP contribution < -0.4 is 11.5 Å². The Bertz CT molecular complexity index is 564. The highest BCUT2D eigenvalue weighted by atomic mass is 16.4. The molecule has 0 aliphatic heterocycles. The van der Waals surface area contributed by atoms with Crippen molar-refractivity contribution in [1.82, 2.24) is 4.98 Å². The van der Waals surface area contributed by atoms with Crippen LogP contribution in [0.15, 0.2) is 42.6 Å². The highest BCUT2D eigenvalue weighted by Gasteiger charge is 2.11. The molecule has 2 aromatic rings. The Morgan fingerprint density at radius 2 is 1.79 bits per heavy atom. The van der Waals surface area contributed by atoms with E-state index in [1.165, 1.54) is 0 Å². The van der Waals surface area contributed by atoms with Gasteiger partial charge >= 0.3 is 5.97 Å². The number of nitrogen functional groups attached to an aromatic ring is 1. The first-order chi connectivity index (χ1) is 9.06. The van der Waals surface area contributed by atoms with E-state index >= 15 is 0 Å². The van der Waals surface area contributed by atoms with Crippen molar-refractivity contribution >= 4 is 11.8 Å². The molecule has 19 heavy (non-hydrogen) atoms. The fourth-order valence-corrected chi connectivity index (χ4v) is 1.75. The molecule has 1 heterocycles. The number of carboxylic acid groups (broad SMARTS) is 1. The summed E-state index contributed by atoms with van der Waals surface area (Å²) in [5.41, 5.74) is 13.9. The SMILES string of the molecule is Nc1ccc(-c2ccc(C[C@H](N)C(=O)O)cc2)cn1. The maximum absolute atomic E-state index is 10.7. The standard InChI is InChI=1S/C14H15N3O2/c15-12(14(18)19)7-9-1-3-10(4-2-9)11-5-6-13(16)17-8-11/h1-6,8,12H,7,15H2,(H2,16,17)(H,18,19)/t12-/m0/s1. The monoisotopic (exact) mass is 257 g/mol. The van der Waals surface area contributed by atoms with Gasteiger partial charge in [-0.15, -0.1) is 0 Å². The lowest BCUT2D eigenvalue weighted by Crippen LogP contribution is -2.32. The van der Waals surface area contributed by atoms with Crippen LogP contribution in [0.2, 0.25) is 0 Å². The van der Waals surface area contributed by atoms with Crippen molar-refractivity contribution in [2.45, 2.75) is 12.5 Å². The lowest BCUT2D eigenvalue weighted by molar-refractivity contribution is -0.138. The lowest BCUT2D eigenvalue weighted by atomic mass is 10.0. The van der Waals surface area contributed by atoms with Gasteiger partial charge in [0.05, 0.1) is 0 Å². The number of carboxylic acids is 1. The topological polar surface area (TPSA) is 102 Å². The highest BCUT2D eigenvalue weighted by molar-refractivity contribution is 5.73. The van der Waals surface area contributed by atoms with Crippen molar-refractivity contribution in [2.24, 2.45) is 5.73 Å². The molecular formula is C14H15N3O2. The summed E-state index contributed by atoms with van der Waals surface area (Å²) in [6.45, 7) is 0. The van der Waals surface area contributed by atoms with Gasteiger partial charge in [-0.3, -0.25) is 4.79 Å². The molecule has 98 valence electrons. The smallest absolute Gasteiger partial charge is 0.320 e. The van der Waals surface area contributed by atoms with Crippen LogP contribution in [-0.2, 0) is 11.2 Å². The Morgan fingerprint density at radius 3 is 2.32 bits per heavy atom. The molecule has 1 atom stereocenters. The predicted octanol–water partition coefficient (Wildman–Crippen LogP) is 1.29. The van der Waals surface area contributed by atoms with E-state index in [2.05, 4.69) is 4.98 Å². The van der Waals surface area contributed by atoms with Crippen LogP contribution in [0, 0.1) is 0 Å². The zero-order valence-electron chi connectivity index (χ0n) is 10.3. The summed E-state index contributed by atoms with van der Waals surface area (Å²) < 4.78 is 0. The summed E-state index contributed by atoms with van der Waals surface area (Å²) in [6, 6.07) is 10.3. The third kappa shape index (κ3) is 3.29. The van der Waals surface area contributed by atoms with Crippen molar-refractivity contribution in [1.29, 1.82) is 0 Å². The van der Waals surface area contributed by atoms with Gasteiger partial charge in [0.25, 0.3) is 0 Å². The van der Waals surface area contributed by atoms with Crippen molar-refractivity contribution in [3.8, 4) is 11.1 Å². The zero-order valence-corrected chi connectivity index (χ0v) is 10.3. The molecule has 0 bridgehead atoms. The van der Waals surface area contributed by atoms with Crippen LogP contribution >= 0.6 is 0 Å². The third-order valence-electron chi connectivity index (χ3n) is 2.85. The fourth-order valence-electron chi connectivity index (χ4n) is 1.75. The molecule has 2 rings (SSSR count). The molecule has 5 N–H and O–H groups in total. The Hall–Kier alpha value is -2.40. The van der Waals surface area contributed by atoms with Crippen LogP contribution in [0.5, 0.6) is 0 Å². The Kier molecular flexibility index (Phi) is 3.77. The lowest BCUT2D eigenvalue weighted by Gasteiger charge is -2.07. The average molecular weight is 257 g/mol. The summed E-state index contributed by atoms with van der Waals surface area (Å²) in [5, 5.41) is 8.76. The van der Waals surface area contributed by atoms with Crippen LogP contribution in [0.4, 0.5) is 5.82 Å². The van der Waals surface area contributed by atoms with E-state index in [1.54, 1.807) is 12.3 Å². The van der Waals surface area contributed by atoms with E-state index in [0.29, 0.717) is 12.2 Å². The second kappa shape index (κ2) is 5.49. The first-order valence-corrected chi connectivity index (χ1v) is 5.85. The number of aliphatic carboxylic acids is 1. The first-order valence-electron chi connectivity index (χ1n) is 5.85. The molecule has 5 nitrogen and oxygen atoms in total. The summed E-state index contributed by atoms with van der Waals surface area (Å²) in [4.78, 5) is 14.7. The number of carbonyl (C=O) groups is 1. The Labute approximate surface area is 110 Å². The van der Waals surface area contributed by atoms with Gasteiger partial charge in [-0.05, 0) is 29.7 Å².